The number of fused-ring (bicyclic) bond motifs is 1. The number of carboxylic acid groups (broad SMARTS) is 1. The van der Waals surface area contributed by atoms with Gasteiger partial charge in [-0.25, -0.2) is 0 Å². The maximum Gasteiger partial charge on any atom is 0.451 e. The number of aliphatic carboxylic acids is 1. The third-order valence-corrected chi connectivity index (χ3v) is 3.89. The molecule has 2 unspecified atom stereocenters. The third-order valence-electron chi connectivity index (χ3n) is 3.89. The first-order valence-corrected chi connectivity index (χ1v) is 6.67. The number of benzene rings is 1. The van der Waals surface area contributed by atoms with E-state index in [-0.39, 0.29) is 5.92 Å². The molecule has 1 aromatic rings. The summed E-state index contributed by atoms with van der Waals surface area (Å²) in [6.45, 7) is 2.01. The van der Waals surface area contributed by atoms with Crippen LogP contribution in [0.5, 0.6) is 0 Å². The number of carboxylic acids is 1. The Labute approximate surface area is 113 Å². The molecule has 0 bridgehead atoms. The summed E-state index contributed by atoms with van der Waals surface area (Å²) in [5, 5.41) is 27.1. The lowest BCUT2D eigenvalue weighted by atomic mass is 9.80. The summed E-state index contributed by atoms with van der Waals surface area (Å²) >= 11 is 0. The summed E-state index contributed by atoms with van der Waals surface area (Å²) in [5.41, 5.74) is 3.20. The van der Waals surface area contributed by atoms with Gasteiger partial charge >= 0.3 is 13.1 Å². The summed E-state index contributed by atoms with van der Waals surface area (Å²) in [6, 6.07) is 5.94. The largest absolute Gasteiger partial charge is 0.481 e. The molecule has 0 heterocycles. The predicted molar refractivity (Wildman–Crippen MR) is 73.0 cm³/mol. The highest BCUT2D eigenvalue weighted by molar-refractivity contribution is 6.40. The Hall–Kier alpha value is -1.33. The minimum atomic E-state index is -1.30. The van der Waals surface area contributed by atoms with Gasteiger partial charge in [0.2, 0.25) is 0 Å². The average molecular weight is 262 g/mol. The van der Waals surface area contributed by atoms with Crippen LogP contribution in [0.4, 0.5) is 0 Å². The molecule has 19 heavy (non-hydrogen) atoms. The Morgan fingerprint density at radius 3 is 2.79 bits per heavy atom. The minimum absolute atomic E-state index is 0.0630. The van der Waals surface area contributed by atoms with Crippen molar-refractivity contribution >= 4 is 13.1 Å². The average Bonchev–Trinajstić information content (AvgIpc) is 2.65. The summed E-state index contributed by atoms with van der Waals surface area (Å²) < 4.78 is 0. The van der Waals surface area contributed by atoms with Gasteiger partial charge in [-0.05, 0) is 43.1 Å². The van der Waals surface area contributed by atoms with E-state index in [2.05, 4.69) is 6.07 Å². The molecule has 0 aliphatic heterocycles. The monoisotopic (exact) mass is 262 g/mol. The number of aryl methyl sites for hydroxylation is 1. The minimum Gasteiger partial charge on any atom is -0.481 e. The fraction of sp³-hybridized carbons (Fsp3) is 0.500. The van der Waals surface area contributed by atoms with E-state index >= 15 is 0 Å². The molecule has 4 nitrogen and oxygen atoms in total. The van der Waals surface area contributed by atoms with Crippen molar-refractivity contribution in [3.63, 3.8) is 0 Å². The van der Waals surface area contributed by atoms with Crippen molar-refractivity contribution < 1.29 is 19.9 Å². The zero-order chi connectivity index (χ0) is 14.0. The van der Waals surface area contributed by atoms with Gasteiger partial charge in [-0.1, -0.05) is 30.2 Å². The quantitative estimate of drug-likeness (QED) is 0.704. The standard InChI is InChI=1S/C14H19BO4/c1-9-4-5-12-11(7-9)8-10(13(12)14(16)17)3-2-6-15(18)19/h4-5,7,10,13,18-19H,2-3,6,8H2,1H3,(H,16,17). The van der Waals surface area contributed by atoms with Crippen LogP contribution in [-0.4, -0.2) is 28.2 Å². The lowest BCUT2D eigenvalue weighted by Crippen LogP contribution is -2.18. The van der Waals surface area contributed by atoms with Gasteiger partial charge in [-0.2, -0.15) is 0 Å². The fourth-order valence-corrected chi connectivity index (χ4v) is 3.03. The van der Waals surface area contributed by atoms with E-state index < -0.39 is 19.0 Å². The second-order valence-electron chi connectivity index (χ2n) is 5.39. The van der Waals surface area contributed by atoms with Crippen LogP contribution in [0.2, 0.25) is 6.32 Å². The third kappa shape index (κ3) is 3.17. The number of hydrogen-bond acceptors (Lipinski definition) is 3. The Morgan fingerprint density at radius 2 is 2.16 bits per heavy atom. The summed E-state index contributed by atoms with van der Waals surface area (Å²) in [4.78, 5) is 11.5. The number of rotatable bonds is 5. The molecule has 0 spiro atoms. The molecule has 0 saturated carbocycles. The van der Waals surface area contributed by atoms with Gasteiger partial charge in [0.05, 0.1) is 5.92 Å². The first kappa shape index (κ1) is 14.1. The van der Waals surface area contributed by atoms with Crippen molar-refractivity contribution in [1.82, 2.24) is 0 Å². The van der Waals surface area contributed by atoms with E-state index in [1.54, 1.807) is 0 Å². The van der Waals surface area contributed by atoms with Gasteiger partial charge in [-0.3, -0.25) is 4.79 Å². The molecule has 0 aromatic heterocycles. The molecule has 3 N–H and O–H groups in total. The normalized spacial score (nSPS) is 21.2. The van der Waals surface area contributed by atoms with Crippen molar-refractivity contribution in [2.75, 3.05) is 0 Å². The predicted octanol–water partition coefficient (Wildman–Crippen LogP) is 1.59. The molecule has 2 rings (SSSR count). The van der Waals surface area contributed by atoms with E-state index in [0.717, 1.165) is 23.1 Å². The molecular formula is C14H19BO4. The molecule has 102 valence electrons. The Balaban J connectivity index is 2.12. The summed E-state index contributed by atoms with van der Waals surface area (Å²) in [5.74, 6) is -1.17. The second-order valence-corrected chi connectivity index (χ2v) is 5.39. The fourth-order valence-electron chi connectivity index (χ4n) is 3.03. The highest BCUT2D eigenvalue weighted by Crippen LogP contribution is 2.41. The molecule has 0 radical (unpaired) electrons. The lowest BCUT2D eigenvalue weighted by molar-refractivity contribution is -0.139. The van der Waals surface area contributed by atoms with Crippen LogP contribution >= 0.6 is 0 Å². The van der Waals surface area contributed by atoms with Crippen LogP contribution in [0.25, 0.3) is 0 Å². The van der Waals surface area contributed by atoms with Crippen LogP contribution in [0.15, 0.2) is 18.2 Å². The van der Waals surface area contributed by atoms with Crippen molar-refractivity contribution in [3.8, 4) is 0 Å². The number of carbonyl (C=O) groups is 1. The second kappa shape index (κ2) is 5.76. The van der Waals surface area contributed by atoms with Gasteiger partial charge in [-0.15, -0.1) is 0 Å². The zero-order valence-electron chi connectivity index (χ0n) is 11.0. The maximum absolute atomic E-state index is 11.5. The molecule has 1 aliphatic carbocycles. The van der Waals surface area contributed by atoms with Crippen LogP contribution < -0.4 is 0 Å². The maximum atomic E-state index is 11.5. The van der Waals surface area contributed by atoms with Crippen LogP contribution in [0.3, 0.4) is 0 Å². The molecule has 0 saturated heterocycles. The van der Waals surface area contributed by atoms with Crippen molar-refractivity contribution in [1.29, 1.82) is 0 Å². The summed E-state index contributed by atoms with van der Waals surface area (Å²) in [7, 11) is -1.30. The van der Waals surface area contributed by atoms with Gasteiger partial charge in [0.15, 0.2) is 0 Å². The summed E-state index contributed by atoms with van der Waals surface area (Å²) in [6.07, 6.45) is 2.43. The smallest absolute Gasteiger partial charge is 0.451 e. The molecular weight excluding hydrogens is 243 g/mol. The Kier molecular flexibility index (Phi) is 4.27. The van der Waals surface area contributed by atoms with Gasteiger partial charge in [0.25, 0.3) is 0 Å². The molecule has 0 amide bonds. The van der Waals surface area contributed by atoms with E-state index in [1.165, 1.54) is 0 Å². The topological polar surface area (TPSA) is 77.8 Å². The Bertz CT molecular complexity index is 473. The first-order valence-electron chi connectivity index (χ1n) is 6.67. The molecule has 0 fully saturated rings. The first-order chi connectivity index (χ1) is 8.99. The Morgan fingerprint density at radius 1 is 1.42 bits per heavy atom. The van der Waals surface area contributed by atoms with Crippen LogP contribution in [-0.2, 0) is 11.2 Å². The van der Waals surface area contributed by atoms with E-state index in [4.69, 9.17) is 10.0 Å². The highest BCUT2D eigenvalue weighted by Gasteiger charge is 2.37. The zero-order valence-corrected chi connectivity index (χ0v) is 11.0. The van der Waals surface area contributed by atoms with E-state index in [0.29, 0.717) is 19.2 Å². The number of hydrogen-bond donors (Lipinski definition) is 3. The molecule has 2 atom stereocenters. The lowest BCUT2D eigenvalue weighted by Gasteiger charge is -2.16. The van der Waals surface area contributed by atoms with E-state index in [1.807, 2.05) is 19.1 Å². The highest BCUT2D eigenvalue weighted by atomic mass is 16.4. The molecule has 1 aliphatic rings. The van der Waals surface area contributed by atoms with Crippen molar-refractivity contribution in [2.45, 2.75) is 38.4 Å². The molecule has 1 aromatic carbocycles. The SMILES string of the molecule is Cc1ccc2c(c1)CC(CCCB(O)O)C2C(=O)O. The van der Waals surface area contributed by atoms with Crippen molar-refractivity contribution in [2.24, 2.45) is 5.92 Å². The van der Waals surface area contributed by atoms with Crippen LogP contribution in [0, 0.1) is 12.8 Å². The molecule has 5 heteroatoms. The van der Waals surface area contributed by atoms with Gasteiger partial charge in [0.1, 0.15) is 0 Å². The van der Waals surface area contributed by atoms with Gasteiger partial charge < -0.3 is 15.2 Å². The van der Waals surface area contributed by atoms with Gasteiger partial charge in [0, 0.05) is 0 Å². The van der Waals surface area contributed by atoms with E-state index in [9.17, 15) is 9.90 Å². The van der Waals surface area contributed by atoms with Crippen LogP contribution in [0.1, 0.15) is 35.4 Å². The van der Waals surface area contributed by atoms with Crippen molar-refractivity contribution in [3.05, 3.63) is 34.9 Å².